The number of hydrogen-bond acceptors (Lipinski definition) is 4. The zero-order valence-electron chi connectivity index (χ0n) is 11.3. The summed E-state index contributed by atoms with van der Waals surface area (Å²) in [6.07, 6.45) is 1.44. The minimum atomic E-state index is -0.427. The minimum absolute atomic E-state index is 0.319. The van der Waals surface area contributed by atoms with Crippen LogP contribution in [0.4, 0.5) is 11.5 Å². The molecular weight excluding hydrogens is 276 g/mol. The third kappa shape index (κ3) is 3.48. The lowest BCUT2D eigenvalue weighted by Crippen LogP contribution is -2.06. The number of pyridine rings is 1. The van der Waals surface area contributed by atoms with Gasteiger partial charge in [-0.05, 0) is 32.0 Å². The van der Waals surface area contributed by atoms with E-state index < -0.39 is 5.97 Å². The van der Waals surface area contributed by atoms with E-state index in [0.717, 1.165) is 5.69 Å². The van der Waals surface area contributed by atoms with Crippen molar-refractivity contribution in [2.24, 2.45) is 0 Å². The Balaban J connectivity index is 2.17. The van der Waals surface area contributed by atoms with Crippen LogP contribution in [0.15, 0.2) is 36.5 Å². The maximum Gasteiger partial charge on any atom is 0.339 e. The molecule has 2 aromatic rings. The Labute approximate surface area is 122 Å². The molecule has 0 fully saturated rings. The van der Waals surface area contributed by atoms with Gasteiger partial charge in [-0.3, -0.25) is 0 Å². The van der Waals surface area contributed by atoms with E-state index >= 15 is 0 Å². The molecule has 0 aliphatic rings. The van der Waals surface area contributed by atoms with Gasteiger partial charge in [0.05, 0.1) is 17.2 Å². The van der Waals surface area contributed by atoms with Gasteiger partial charge in [-0.2, -0.15) is 0 Å². The van der Waals surface area contributed by atoms with Gasteiger partial charge in [0.2, 0.25) is 0 Å². The van der Waals surface area contributed by atoms with Crippen LogP contribution in [-0.4, -0.2) is 17.6 Å². The van der Waals surface area contributed by atoms with Crippen molar-refractivity contribution in [2.75, 3.05) is 11.9 Å². The lowest BCUT2D eigenvalue weighted by molar-refractivity contribution is 0.0526. The molecular formula is C15H15ClN2O2. The number of anilines is 2. The summed E-state index contributed by atoms with van der Waals surface area (Å²) in [5.41, 5.74) is 2.40. The normalized spacial score (nSPS) is 10.2. The number of esters is 1. The van der Waals surface area contributed by atoms with Gasteiger partial charge in [0.1, 0.15) is 5.82 Å². The summed E-state index contributed by atoms with van der Waals surface area (Å²) in [6.45, 7) is 4.09. The fourth-order valence-corrected chi connectivity index (χ4v) is 1.84. The molecule has 0 saturated heterocycles. The molecule has 1 aromatic carbocycles. The van der Waals surface area contributed by atoms with Crippen LogP contribution in [0.1, 0.15) is 22.8 Å². The number of rotatable bonds is 4. The third-order valence-electron chi connectivity index (χ3n) is 2.67. The van der Waals surface area contributed by atoms with Crippen LogP contribution in [0.25, 0.3) is 0 Å². The number of ether oxygens (including phenoxy) is 1. The van der Waals surface area contributed by atoms with Crippen molar-refractivity contribution in [1.29, 1.82) is 0 Å². The Morgan fingerprint density at radius 1 is 1.35 bits per heavy atom. The molecule has 0 atom stereocenters. The molecule has 0 aliphatic heterocycles. The molecule has 0 unspecified atom stereocenters. The predicted octanol–water partition coefficient (Wildman–Crippen LogP) is 3.96. The number of benzene rings is 1. The molecule has 0 bridgehead atoms. The summed E-state index contributed by atoms with van der Waals surface area (Å²) >= 11 is 6.12. The van der Waals surface area contributed by atoms with Crippen molar-refractivity contribution in [3.05, 3.63) is 52.7 Å². The van der Waals surface area contributed by atoms with Crippen molar-refractivity contribution in [2.45, 2.75) is 13.8 Å². The largest absolute Gasteiger partial charge is 0.462 e. The van der Waals surface area contributed by atoms with Gasteiger partial charge in [-0.15, -0.1) is 0 Å². The van der Waals surface area contributed by atoms with E-state index in [9.17, 15) is 4.79 Å². The first-order valence-electron chi connectivity index (χ1n) is 6.26. The summed E-state index contributed by atoms with van der Waals surface area (Å²) in [4.78, 5) is 15.7. The van der Waals surface area contributed by atoms with Gasteiger partial charge in [0.15, 0.2) is 0 Å². The zero-order valence-corrected chi connectivity index (χ0v) is 12.1. The second kappa shape index (κ2) is 6.39. The number of carbonyl (C=O) groups is 1. The SMILES string of the molecule is CCOC(=O)c1cnc(Nc2ccc(C)cc2)c(Cl)c1. The van der Waals surface area contributed by atoms with Crippen molar-refractivity contribution < 1.29 is 9.53 Å². The van der Waals surface area contributed by atoms with Crippen molar-refractivity contribution >= 4 is 29.1 Å². The van der Waals surface area contributed by atoms with Gasteiger partial charge < -0.3 is 10.1 Å². The molecule has 0 spiro atoms. The van der Waals surface area contributed by atoms with E-state index in [1.165, 1.54) is 11.8 Å². The Bertz CT molecular complexity index is 612. The highest BCUT2D eigenvalue weighted by Gasteiger charge is 2.10. The number of aryl methyl sites for hydroxylation is 1. The standard InChI is InChI=1S/C15H15ClN2O2/c1-3-20-15(19)11-8-13(16)14(17-9-11)18-12-6-4-10(2)5-7-12/h4-9H,3H2,1-2H3,(H,17,18). The number of nitrogens with one attached hydrogen (secondary N) is 1. The van der Waals surface area contributed by atoms with Crippen LogP contribution < -0.4 is 5.32 Å². The molecule has 4 nitrogen and oxygen atoms in total. The molecule has 0 radical (unpaired) electrons. The molecule has 20 heavy (non-hydrogen) atoms. The Kier molecular flexibility index (Phi) is 4.58. The molecule has 1 heterocycles. The number of carbonyl (C=O) groups excluding carboxylic acids is 1. The van der Waals surface area contributed by atoms with Gasteiger partial charge >= 0.3 is 5.97 Å². The van der Waals surface area contributed by atoms with Crippen molar-refractivity contribution in [3.8, 4) is 0 Å². The number of hydrogen-bond donors (Lipinski definition) is 1. The van der Waals surface area contributed by atoms with Crippen LogP contribution in [0.2, 0.25) is 5.02 Å². The predicted molar refractivity (Wildman–Crippen MR) is 79.7 cm³/mol. The van der Waals surface area contributed by atoms with E-state index in [4.69, 9.17) is 16.3 Å². The quantitative estimate of drug-likeness (QED) is 0.866. The van der Waals surface area contributed by atoms with Crippen LogP contribution >= 0.6 is 11.6 Å². The van der Waals surface area contributed by atoms with Gasteiger partial charge in [0, 0.05) is 11.9 Å². The molecule has 1 aromatic heterocycles. The Morgan fingerprint density at radius 2 is 2.05 bits per heavy atom. The van der Waals surface area contributed by atoms with E-state index in [2.05, 4.69) is 10.3 Å². The smallest absolute Gasteiger partial charge is 0.339 e. The average molecular weight is 291 g/mol. The monoisotopic (exact) mass is 290 g/mol. The number of nitrogens with zero attached hydrogens (tertiary/aromatic N) is 1. The highest BCUT2D eigenvalue weighted by molar-refractivity contribution is 6.33. The molecule has 0 amide bonds. The topological polar surface area (TPSA) is 51.2 Å². The molecule has 2 rings (SSSR count). The first kappa shape index (κ1) is 14.3. The van der Waals surface area contributed by atoms with Crippen LogP contribution in [0.5, 0.6) is 0 Å². The molecule has 0 saturated carbocycles. The van der Waals surface area contributed by atoms with E-state index in [1.807, 2.05) is 31.2 Å². The lowest BCUT2D eigenvalue weighted by Gasteiger charge is -2.09. The number of halogens is 1. The highest BCUT2D eigenvalue weighted by atomic mass is 35.5. The minimum Gasteiger partial charge on any atom is -0.462 e. The maximum atomic E-state index is 11.6. The molecule has 104 valence electrons. The zero-order chi connectivity index (χ0) is 14.5. The van der Waals surface area contributed by atoms with Gasteiger partial charge in [-0.1, -0.05) is 29.3 Å². The fraction of sp³-hybridized carbons (Fsp3) is 0.200. The maximum absolute atomic E-state index is 11.6. The first-order valence-corrected chi connectivity index (χ1v) is 6.64. The van der Waals surface area contributed by atoms with Crippen LogP contribution in [0.3, 0.4) is 0 Å². The van der Waals surface area contributed by atoms with E-state index in [-0.39, 0.29) is 0 Å². The lowest BCUT2D eigenvalue weighted by atomic mass is 10.2. The van der Waals surface area contributed by atoms with Crippen LogP contribution in [-0.2, 0) is 4.74 Å². The Hall–Kier alpha value is -2.07. The van der Waals surface area contributed by atoms with E-state index in [1.54, 1.807) is 13.0 Å². The van der Waals surface area contributed by atoms with Crippen LogP contribution in [0, 0.1) is 6.92 Å². The van der Waals surface area contributed by atoms with Crippen molar-refractivity contribution in [3.63, 3.8) is 0 Å². The fourth-order valence-electron chi connectivity index (χ4n) is 1.63. The Morgan fingerprint density at radius 3 is 2.65 bits per heavy atom. The van der Waals surface area contributed by atoms with Gasteiger partial charge in [0.25, 0.3) is 0 Å². The average Bonchev–Trinajstić information content (AvgIpc) is 2.43. The second-order valence-electron chi connectivity index (χ2n) is 4.27. The summed E-state index contributed by atoms with van der Waals surface area (Å²) < 4.78 is 4.90. The summed E-state index contributed by atoms with van der Waals surface area (Å²) in [5.74, 6) is 0.0763. The second-order valence-corrected chi connectivity index (χ2v) is 4.67. The molecule has 0 aliphatic carbocycles. The van der Waals surface area contributed by atoms with E-state index in [0.29, 0.717) is 23.0 Å². The highest BCUT2D eigenvalue weighted by Crippen LogP contribution is 2.24. The first-order chi connectivity index (χ1) is 9.60. The summed E-state index contributed by atoms with van der Waals surface area (Å²) in [6, 6.07) is 9.40. The van der Waals surface area contributed by atoms with Crippen molar-refractivity contribution in [1.82, 2.24) is 4.98 Å². The molecule has 1 N–H and O–H groups in total. The summed E-state index contributed by atoms with van der Waals surface area (Å²) in [5, 5.41) is 3.47. The molecule has 5 heteroatoms. The third-order valence-corrected chi connectivity index (χ3v) is 2.95. The summed E-state index contributed by atoms with van der Waals surface area (Å²) in [7, 11) is 0. The van der Waals surface area contributed by atoms with Gasteiger partial charge in [-0.25, -0.2) is 9.78 Å². The number of aromatic nitrogens is 1.